The van der Waals surface area contributed by atoms with Crippen LogP contribution in [0.4, 0.5) is 5.13 Å². The van der Waals surface area contributed by atoms with Crippen LogP contribution in [0.3, 0.4) is 0 Å². The van der Waals surface area contributed by atoms with Gasteiger partial charge in [0.15, 0.2) is 0 Å². The van der Waals surface area contributed by atoms with Crippen molar-refractivity contribution >= 4 is 16.7 Å². The van der Waals surface area contributed by atoms with Gasteiger partial charge in [-0.05, 0) is 18.8 Å². The predicted molar refractivity (Wildman–Crippen MR) is 70.6 cm³/mol. The first kappa shape index (κ1) is 12.8. The van der Waals surface area contributed by atoms with Crippen molar-refractivity contribution < 1.29 is 4.74 Å². The second-order valence-electron chi connectivity index (χ2n) is 5.62. The molecule has 0 amide bonds. The Morgan fingerprint density at radius 1 is 1.47 bits per heavy atom. The fourth-order valence-corrected chi connectivity index (χ4v) is 2.58. The number of ether oxygens (including phenoxy) is 1. The van der Waals surface area contributed by atoms with Gasteiger partial charge in [0.1, 0.15) is 5.82 Å². The first-order chi connectivity index (χ1) is 8.05. The molecule has 1 fully saturated rings. The molecule has 1 aromatic rings. The van der Waals surface area contributed by atoms with Crippen molar-refractivity contribution in [1.29, 1.82) is 0 Å². The fourth-order valence-electron chi connectivity index (χ4n) is 1.79. The van der Waals surface area contributed by atoms with Gasteiger partial charge in [-0.3, -0.25) is 0 Å². The smallest absolute Gasteiger partial charge is 0.202 e. The van der Waals surface area contributed by atoms with E-state index in [-0.39, 0.29) is 5.41 Å². The van der Waals surface area contributed by atoms with E-state index >= 15 is 0 Å². The van der Waals surface area contributed by atoms with Crippen LogP contribution in [0.2, 0.25) is 0 Å². The van der Waals surface area contributed by atoms with Gasteiger partial charge >= 0.3 is 0 Å². The lowest BCUT2D eigenvalue weighted by Crippen LogP contribution is -2.13. The molecule has 17 heavy (non-hydrogen) atoms. The molecule has 4 nitrogen and oxygen atoms in total. The number of aromatic nitrogens is 2. The third kappa shape index (κ3) is 3.64. The van der Waals surface area contributed by atoms with Crippen molar-refractivity contribution in [2.45, 2.75) is 39.0 Å². The highest BCUT2D eigenvalue weighted by Crippen LogP contribution is 2.23. The number of hydrogen-bond donors (Lipinski definition) is 1. The van der Waals surface area contributed by atoms with Crippen LogP contribution in [0.25, 0.3) is 0 Å². The topological polar surface area (TPSA) is 47.0 Å². The van der Waals surface area contributed by atoms with Gasteiger partial charge in [0.2, 0.25) is 5.13 Å². The number of anilines is 1. The second-order valence-corrected chi connectivity index (χ2v) is 6.37. The average molecular weight is 255 g/mol. The minimum atomic E-state index is 0.0374. The Morgan fingerprint density at radius 3 is 2.88 bits per heavy atom. The summed E-state index contributed by atoms with van der Waals surface area (Å²) < 4.78 is 9.74. The second kappa shape index (κ2) is 5.31. The van der Waals surface area contributed by atoms with Crippen molar-refractivity contribution in [2.24, 2.45) is 5.92 Å². The number of nitrogens with zero attached hydrogens (tertiary/aromatic N) is 2. The van der Waals surface area contributed by atoms with Crippen molar-refractivity contribution in [3.05, 3.63) is 5.82 Å². The van der Waals surface area contributed by atoms with Crippen molar-refractivity contribution in [2.75, 3.05) is 25.1 Å². The highest BCUT2D eigenvalue weighted by molar-refractivity contribution is 7.09. The summed E-state index contributed by atoms with van der Waals surface area (Å²) in [6, 6.07) is 0. The van der Waals surface area contributed by atoms with Crippen molar-refractivity contribution in [3.8, 4) is 0 Å². The molecule has 1 N–H and O–H groups in total. The van der Waals surface area contributed by atoms with Gasteiger partial charge in [-0.25, -0.2) is 4.98 Å². The van der Waals surface area contributed by atoms with Crippen LogP contribution in [-0.2, 0) is 10.2 Å². The Balaban J connectivity index is 1.77. The van der Waals surface area contributed by atoms with Gasteiger partial charge in [0.25, 0.3) is 0 Å². The summed E-state index contributed by atoms with van der Waals surface area (Å²) in [4.78, 5) is 4.51. The summed E-state index contributed by atoms with van der Waals surface area (Å²) in [5.41, 5.74) is 0.0374. The van der Waals surface area contributed by atoms with E-state index < -0.39 is 0 Å². The molecular weight excluding hydrogens is 234 g/mol. The first-order valence-corrected chi connectivity index (χ1v) is 6.99. The molecule has 2 heterocycles. The minimum absolute atomic E-state index is 0.0374. The van der Waals surface area contributed by atoms with Crippen molar-refractivity contribution in [1.82, 2.24) is 9.36 Å². The zero-order valence-electron chi connectivity index (χ0n) is 10.8. The molecular formula is C12H21N3OS. The van der Waals surface area contributed by atoms with E-state index in [1.54, 1.807) is 0 Å². The van der Waals surface area contributed by atoms with Gasteiger partial charge in [-0.2, -0.15) is 4.37 Å². The maximum atomic E-state index is 5.36. The van der Waals surface area contributed by atoms with Gasteiger partial charge in [0, 0.05) is 36.7 Å². The monoisotopic (exact) mass is 255 g/mol. The molecule has 1 aromatic heterocycles. The van der Waals surface area contributed by atoms with Crippen molar-refractivity contribution in [3.63, 3.8) is 0 Å². The zero-order valence-corrected chi connectivity index (χ0v) is 11.6. The maximum Gasteiger partial charge on any atom is 0.202 e. The highest BCUT2D eigenvalue weighted by atomic mass is 32.1. The van der Waals surface area contributed by atoms with Gasteiger partial charge in [-0.1, -0.05) is 20.8 Å². The molecule has 1 aliphatic heterocycles. The Morgan fingerprint density at radius 2 is 2.29 bits per heavy atom. The van der Waals surface area contributed by atoms with Crippen LogP contribution in [0.15, 0.2) is 0 Å². The minimum Gasteiger partial charge on any atom is -0.381 e. The lowest BCUT2D eigenvalue weighted by atomic mass is 9.96. The third-order valence-electron chi connectivity index (χ3n) is 2.95. The van der Waals surface area contributed by atoms with Gasteiger partial charge in [-0.15, -0.1) is 0 Å². The molecule has 1 aliphatic rings. The number of nitrogens with one attached hydrogen (secondary N) is 1. The van der Waals surface area contributed by atoms with E-state index in [1.807, 2.05) is 0 Å². The van der Waals surface area contributed by atoms with Crippen LogP contribution in [0.5, 0.6) is 0 Å². The predicted octanol–water partition coefficient (Wildman–Crippen LogP) is 2.67. The fraction of sp³-hybridized carbons (Fsp3) is 0.833. The number of hydrogen-bond acceptors (Lipinski definition) is 5. The molecule has 0 radical (unpaired) electrons. The van der Waals surface area contributed by atoms with Crippen LogP contribution in [0, 0.1) is 5.92 Å². The highest BCUT2D eigenvalue weighted by Gasteiger charge is 2.20. The van der Waals surface area contributed by atoms with Gasteiger partial charge in [0.05, 0.1) is 0 Å². The SMILES string of the molecule is CC(C)(C)c1nsc(NCCC2CCOC2)n1. The molecule has 0 bridgehead atoms. The summed E-state index contributed by atoms with van der Waals surface area (Å²) in [7, 11) is 0. The molecule has 2 rings (SSSR count). The Labute approximate surface area is 107 Å². The molecule has 96 valence electrons. The Bertz CT molecular complexity index is 353. The molecule has 1 saturated heterocycles. The summed E-state index contributed by atoms with van der Waals surface area (Å²) in [6.07, 6.45) is 2.36. The average Bonchev–Trinajstić information content (AvgIpc) is 2.86. The van der Waals surface area contributed by atoms with E-state index in [9.17, 15) is 0 Å². The summed E-state index contributed by atoms with van der Waals surface area (Å²) >= 11 is 1.46. The van der Waals surface area contributed by atoms with Crippen LogP contribution in [-0.4, -0.2) is 29.1 Å². The van der Waals surface area contributed by atoms with Crippen LogP contribution in [0.1, 0.15) is 39.4 Å². The van der Waals surface area contributed by atoms with E-state index in [2.05, 4.69) is 35.4 Å². The third-order valence-corrected chi connectivity index (χ3v) is 3.62. The zero-order chi connectivity index (χ0) is 12.3. The van der Waals surface area contributed by atoms with Gasteiger partial charge < -0.3 is 10.1 Å². The molecule has 1 atom stereocenters. The number of rotatable bonds is 4. The Kier molecular flexibility index (Phi) is 3.99. The molecule has 0 aromatic carbocycles. The maximum absolute atomic E-state index is 5.36. The first-order valence-electron chi connectivity index (χ1n) is 6.21. The Hall–Kier alpha value is -0.680. The largest absolute Gasteiger partial charge is 0.381 e. The van der Waals surface area contributed by atoms with Crippen LogP contribution >= 0.6 is 11.5 Å². The van der Waals surface area contributed by atoms with E-state index in [4.69, 9.17) is 4.74 Å². The lowest BCUT2D eigenvalue weighted by molar-refractivity contribution is 0.185. The molecule has 1 unspecified atom stereocenters. The quantitative estimate of drug-likeness (QED) is 0.898. The molecule has 5 heteroatoms. The summed E-state index contributed by atoms with van der Waals surface area (Å²) in [5.74, 6) is 1.65. The molecule has 0 saturated carbocycles. The standard InChI is InChI=1S/C12H21N3OS/c1-12(2,3)10-14-11(17-15-10)13-6-4-9-5-7-16-8-9/h9H,4-8H2,1-3H3,(H,13,14,15). The van der Waals surface area contributed by atoms with Crippen LogP contribution < -0.4 is 5.32 Å². The summed E-state index contributed by atoms with van der Waals surface area (Å²) in [6.45, 7) is 9.22. The molecule has 0 spiro atoms. The normalized spacial score (nSPS) is 20.8. The van der Waals surface area contributed by atoms with E-state index in [0.29, 0.717) is 0 Å². The summed E-state index contributed by atoms with van der Waals surface area (Å²) in [5, 5.41) is 4.29. The molecule has 0 aliphatic carbocycles. The lowest BCUT2D eigenvalue weighted by Gasteiger charge is -2.12. The van der Waals surface area contributed by atoms with E-state index in [1.165, 1.54) is 18.0 Å². The van der Waals surface area contributed by atoms with E-state index in [0.717, 1.165) is 43.1 Å².